The van der Waals surface area contributed by atoms with E-state index in [1.165, 1.54) is 11.1 Å². The van der Waals surface area contributed by atoms with Gasteiger partial charge in [-0.25, -0.2) is 9.97 Å². The molecule has 0 saturated carbocycles. The predicted molar refractivity (Wildman–Crippen MR) is 97.4 cm³/mol. The van der Waals surface area contributed by atoms with Crippen LogP contribution in [-0.2, 0) is 17.8 Å². The Bertz CT molecular complexity index is 754. The highest BCUT2D eigenvalue weighted by atomic mass is 16.6. The van der Waals surface area contributed by atoms with Crippen LogP contribution in [0.25, 0.3) is 0 Å². The second-order valence-corrected chi connectivity index (χ2v) is 7.04. The molecule has 1 fully saturated rings. The van der Waals surface area contributed by atoms with E-state index in [1.807, 2.05) is 12.4 Å². The lowest BCUT2D eigenvalue weighted by atomic mass is 9.94. The molecule has 5 heteroatoms. The average molecular weight is 336 g/mol. The van der Waals surface area contributed by atoms with Crippen LogP contribution in [0.15, 0.2) is 41.8 Å². The molecule has 4 rings (SSSR count). The van der Waals surface area contributed by atoms with E-state index in [0.717, 1.165) is 49.6 Å². The molecular weight excluding hydrogens is 312 g/mol. The number of likely N-dealkylation sites (tertiary alicyclic amines) is 1. The molecule has 2 aliphatic heterocycles. The van der Waals surface area contributed by atoms with E-state index in [0.29, 0.717) is 5.92 Å². The number of oxime groups is 1. The monoisotopic (exact) mass is 336 g/mol. The lowest BCUT2D eigenvalue weighted by Gasteiger charge is -2.16. The van der Waals surface area contributed by atoms with Gasteiger partial charge in [0.15, 0.2) is 0 Å². The fourth-order valence-corrected chi connectivity index (χ4v) is 3.61. The fourth-order valence-electron chi connectivity index (χ4n) is 3.61. The number of hydrogen-bond acceptors (Lipinski definition) is 5. The zero-order valence-electron chi connectivity index (χ0n) is 14.9. The third-order valence-corrected chi connectivity index (χ3v) is 4.97. The van der Waals surface area contributed by atoms with Gasteiger partial charge < -0.3 is 4.84 Å². The van der Waals surface area contributed by atoms with Crippen LogP contribution >= 0.6 is 0 Å². The van der Waals surface area contributed by atoms with Crippen molar-refractivity contribution in [2.45, 2.75) is 39.3 Å². The zero-order valence-corrected chi connectivity index (χ0v) is 14.9. The molecule has 0 radical (unpaired) electrons. The highest BCUT2D eigenvalue weighted by Crippen LogP contribution is 2.30. The van der Waals surface area contributed by atoms with Gasteiger partial charge in [-0.2, -0.15) is 0 Å². The van der Waals surface area contributed by atoms with Crippen molar-refractivity contribution >= 4 is 5.71 Å². The molecular formula is C20H24N4O. The molecule has 0 aliphatic carbocycles. The Hall–Kier alpha value is -2.27. The molecule has 0 bridgehead atoms. The molecule has 0 amide bonds. The molecule has 130 valence electrons. The molecule has 0 spiro atoms. The molecule has 3 heterocycles. The predicted octanol–water partition coefficient (Wildman–Crippen LogP) is 2.97. The molecule has 5 nitrogen and oxygen atoms in total. The smallest absolute Gasteiger partial charge is 0.149 e. The highest BCUT2D eigenvalue weighted by molar-refractivity contribution is 6.03. The molecule has 1 aromatic carbocycles. The number of aromatic nitrogens is 2. The molecule has 1 aromatic heterocycles. The number of aryl methyl sites for hydroxylation is 2. The van der Waals surface area contributed by atoms with Crippen LogP contribution in [0.1, 0.15) is 35.9 Å². The van der Waals surface area contributed by atoms with Crippen molar-refractivity contribution in [3.8, 4) is 0 Å². The van der Waals surface area contributed by atoms with Crippen molar-refractivity contribution in [1.29, 1.82) is 0 Å². The van der Waals surface area contributed by atoms with E-state index in [-0.39, 0.29) is 6.10 Å². The lowest BCUT2D eigenvalue weighted by Crippen LogP contribution is -2.23. The quantitative estimate of drug-likeness (QED) is 0.842. The van der Waals surface area contributed by atoms with Gasteiger partial charge in [0.2, 0.25) is 0 Å². The van der Waals surface area contributed by atoms with Crippen LogP contribution < -0.4 is 0 Å². The Morgan fingerprint density at radius 2 is 1.88 bits per heavy atom. The Morgan fingerprint density at radius 1 is 1.12 bits per heavy atom. The third kappa shape index (κ3) is 3.42. The standard InChI is InChI=1S/C20H24N4O/c1-3-4-19-21-9-15(10-22-19)11-24-12-17-18(13-24)25-23-20(17)16-7-5-14(2)6-8-16/h5-10,17-18H,3-4,11-13H2,1-2H3/t17-,18-/m1/s1. The van der Waals surface area contributed by atoms with Crippen LogP contribution in [0.4, 0.5) is 0 Å². The summed E-state index contributed by atoms with van der Waals surface area (Å²) in [5, 5.41) is 4.36. The molecule has 0 unspecified atom stereocenters. The maximum absolute atomic E-state index is 5.71. The van der Waals surface area contributed by atoms with Crippen LogP contribution in [0.2, 0.25) is 0 Å². The first-order valence-corrected chi connectivity index (χ1v) is 9.06. The average Bonchev–Trinajstić information content (AvgIpc) is 3.18. The molecule has 0 N–H and O–H groups in total. The summed E-state index contributed by atoms with van der Waals surface area (Å²) in [4.78, 5) is 17.0. The van der Waals surface area contributed by atoms with Gasteiger partial charge in [-0.05, 0) is 18.9 Å². The van der Waals surface area contributed by atoms with Gasteiger partial charge in [0.1, 0.15) is 11.9 Å². The summed E-state index contributed by atoms with van der Waals surface area (Å²) in [5.74, 6) is 1.28. The summed E-state index contributed by atoms with van der Waals surface area (Å²) >= 11 is 0. The topological polar surface area (TPSA) is 50.6 Å². The highest BCUT2D eigenvalue weighted by Gasteiger charge is 2.42. The van der Waals surface area contributed by atoms with Gasteiger partial charge in [-0.1, -0.05) is 41.9 Å². The van der Waals surface area contributed by atoms with E-state index in [4.69, 9.17) is 4.84 Å². The van der Waals surface area contributed by atoms with Crippen LogP contribution in [0.3, 0.4) is 0 Å². The van der Waals surface area contributed by atoms with Crippen molar-refractivity contribution in [3.63, 3.8) is 0 Å². The zero-order chi connectivity index (χ0) is 17.2. The van der Waals surface area contributed by atoms with Gasteiger partial charge in [0, 0.05) is 44.0 Å². The maximum atomic E-state index is 5.71. The lowest BCUT2D eigenvalue weighted by molar-refractivity contribution is 0.0745. The molecule has 25 heavy (non-hydrogen) atoms. The normalized spacial score (nSPS) is 22.6. The second-order valence-electron chi connectivity index (χ2n) is 7.04. The van der Waals surface area contributed by atoms with Gasteiger partial charge in [-0.3, -0.25) is 4.90 Å². The first-order chi connectivity index (χ1) is 12.2. The van der Waals surface area contributed by atoms with Crippen LogP contribution in [0, 0.1) is 12.8 Å². The van der Waals surface area contributed by atoms with E-state index in [2.05, 4.69) is 58.1 Å². The Balaban J connectivity index is 1.41. The van der Waals surface area contributed by atoms with Crippen molar-refractivity contribution in [2.75, 3.05) is 13.1 Å². The minimum atomic E-state index is 0.164. The molecule has 2 aliphatic rings. The first-order valence-electron chi connectivity index (χ1n) is 9.06. The van der Waals surface area contributed by atoms with E-state index < -0.39 is 0 Å². The van der Waals surface area contributed by atoms with Crippen molar-refractivity contribution in [1.82, 2.24) is 14.9 Å². The minimum absolute atomic E-state index is 0.164. The van der Waals surface area contributed by atoms with E-state index in [1.54, 1.807) is 0 Å². The number of nitrogens with zero attached hydrogens (tertiary/aromatic N) is 4. The largest absolute Gasteiger partial charge is 0.390 e. The molecule has 1 saturated heterocycles. The number of rotatable bonds is 5. The SMILES string of the molecule is CCCc1ncc(CN2C[C@H]3ON=C(c4ccc(C)cc4)[C@@H]3C2)cn1. The van der Waals surface area contributed by atoms with Crippen LogP contribution in [0.5, 0.6) is 0 Å². The van der Waals surface area contributed by atoms with E-state index in [9.17, 15) is 0 Å². The Labute approximate surface area is 148 Å². The number of hydrogen-bond donors (Lipinski definition) is 0. The summed E-state index contributed by atoms with van der Waals surface area (Å²) in [6.07, 6.45) is 6.10. The molecule has 2 atom stereocenters. The summed E-state index contributed by atoms with van der Waals surface area (Å²) in [6, 6.07) is 8.55. The number of benzene rings is 1. The summed E-state index contributed by atoms with van der Waals surface area (Å²) in [5.41, 5.74) is 4.68. The van der Waals surface area contributed by atoms with Crippen molar-refractivity contribution in [2.24, 2.45) is 11.1 Å². The Morgan fingerprint density at radius 3 is 2.60 bits per heavy atom. The second kappa shape index (κ2) is 6.92. The first kappa shape index (κ1) is 16.2. The van der Waals surface area contributed by atoms with Crippen molar-refractivity contribution in [3.05, 3.63) is 59.2 Å². The summed E-state index contributed by atoms with van der Waals surface area (Å²) < 4.78 is 0. The summed E-state index contributed by atoms with van der Waals surface area (Å²) in [6.45, 7) is 6.98. The van der Waals surface area contributed by atoms with Crippen LogP contribution in [-0.4, -0.2) is 39.8 Å². The van der Waals surface area contributed by atoms with E-state index >= 15 is 0 Å². The third-order valence-electron chi connectivity index (χ3n) is 4.97. The van der Waals surface area contributed by atoms with Gasteiger partial charge in [-0.15, -0.1) is 0 Å². The molecule has 2 aromatic rings. The maximum Gasteiger partial charge on any atom is 0.149 e. The fraction of sp³-hybridized carbons (Fsp3) is 0.450. The van der Waals surface area contributed by atoms with Gasteiger partial charge >= 0.3 is 0 Å². The van der Waals surface area contributed by atoms with Crippen molar-refractivity contribution < 1.29 is 4.84 Å². The Kier molecular flexibility index (Phi) is 4.49. The summed E-state index contributed by atoms with van der Waals surface area (Å²) in [7, 11) is 0. The minimum Gasteiger partial charge on any atom is -0.390 e. The van der Waals surface area contributed by atoms with Gasteiger partial charge in [0.25, 0.3) is 0 Å². The number of fused-ring (bicyclic) bond motifs is 1. The van der Waals surface area contributed by atoms with Gasteiger partial charge in [0.05, 0.1) is 11.6 Å².